The minimum absolute atomic E-state index is 0.190. The molecule has 9 nitrogen and oxygen atoms in total. The van der Waals surface area contributed by atoms with E-state index in [2.05, 4.69) is 26.1 Å². The number of carboxylic acid groups (broad SMARTS) is 1. The van der Waals surface area contributed by atoms with Crippen molar-refractivity contribution in [1.82, 2.24) is 20.0 Å². The van der Waals surface area contributed by atoms with E-state index in [1.165, 1.54) is 0 Å². The largest absolute Gasteiger partial charge is 0.490 e. The molecule has 0 bridgehead atoms. The molecule has 12 heteroatoms. The van der Waals surface area contributed by atoms with Crippen LogP contribution in [0.25, 0.3) is 0 Å². The summed E-state index contributed by atoms with van der Waals surface area (Å²) < 4.78 is 48.5. The van der Waals surface area contributed by atoms with Crippen LogP contribution in [0.3, 0.4) is 0 Å². The number of hydrogen-bond donors (Lipinski definition) is 1. The number of pyridine rings is 1. The van der Waals surface area contributed by atoms with Gasteiger partial charge in [-0.3, -0.25) is 4.90 Å². The summed E-state index contributed by atoms with van der Waals surface area (Å²) in [5.74, 6) is -0.122. The van der Waals surface area contributed by atoms with Crippen molar-refractivity contribution in [1.29, 1.82) is 0 Å². The molecule has 2 aliphatic rings. The van der Waals surface area contributed by atoms with Crippen LogP contribution in [0.1, 0.15) is 23.7 Å². The van der Waals surface area contributed by atoms with Crippen molar-refractivity contribution < 1.29 is 37.1 Å². The number of carbonyl (C=O) groups is 1. The van der Waals surface area contributed by atoms with E-state index >= 15 is 0 Å². The van der Waals surface area contributed by atoms with Crippen molar-refractivity contribution in [3.8, 4) is 5.88 Å². The van der Waals surface area contributed by atoms with Crippen molar-refractivity contribution in [3.63, 3.8) is 0 Å². The van der Waals surface area contributed by atoms with E-state index in [1.807, 2.05) is 13.0 Å². The second-order valence-electron chi connectivity index (χ2n) is 7.40. The molecular formula is C19H23F3N4O5. The van der Waals surface area contributed by atoms with E-state index < -0.39 is 12.1 Å². The van der Waals surface area contributed by atoms with Crippen LogP contribution in [0, 0.1) is 12.8 Å². The van der Waals surface area contributed by atoms with Gasteiger partial charge in [0.2, 0.25) is 11.8 Å². The number of ether oxygens (including phenoxy) is 2. The predicted molar refractivity (Wildman–Crippen MR) is 99.3 cm³/mol. The Morgan fingerprint density at radius 3 is 2.71 bits per heavy atom. The van der Waals surface area contributed by atoms with Gasteiger partial charge in [0.1, 0.15) is 0 Å². The smallest absolute Gasteiger partial charge is 0.481 e. The van der Waals surface area contributed by atoms with E-state index in [0.717, 1.165) is 31.6 Å². The van der Waals surface area contributed by atoms with Gasteiger partial charge >= 0.3 is 12.1 Å². The molecule has 2 saturated heterocycles. The van der Waals surface area contributed by atoms with Crippen LogP contribution in [0.15, 0.2) is 22.9 Å². The van der Waals surface area contributed by atoms with Gasteiger partial charge in [-0.15, -0.1) is 0 Å². The van der Waals surface area contributed by atoms with Gasteiger partial charge < -0.3 is 19.1 Å². The van der Waals surface area contributed by atoms with Crippen molar-refractivity contribution >= 4 is 5.97 Å². The maximum Gasteiger partial charge on any atom is 0.490 e. The van der Waals surface area contributed by atoms with Crippen molar-refractivity contribution in [2.75, 3.05) is 20.2 Å². The molecule has 31 heavy (non-hydrogen) atoms. The summed E-state index contributed by atoms with van der Waals surface area (Å²) in [6.07, 6.45) is -1.08. The first kappa shape index (κ1) is 22.9. The maximum absolute atomic E-state index is 10.6. The summed E-state index contributed by atoms with van der Waals surface area (Å²) in [6.45, 7) is 4.67. The molecule has 3 atom stereocenters. The standard InChI is InChI=1S/C17H22N4O3.C2HF3O2/c1-11-19-16(24-20-11)7-14-6-13-9-21(10-15(13)23-14)8-12-4-3-5-18-17(12)22-2;3-2(4,5)1(6)7/h3-5,13-15H,6-10H2,1-2H3;(H,6,7)/t13-,14+,15+;/m0./s1. The topological polar surface area (TPSA) is 111 Å². The number of methoxy groups -OCH3 is 1. The summed E-state index contributed by atoms with van der Waals surface area (Å²) >= 11 is 0. The Morgan fingerprint density at radius 2 is 2.13 bits per heavy atom. The Kier molecular flexibility index (Phi) is 7.11. The van der Waals surface area contributed by atoms with E-state index in [0.29, 0.717) is 36.0 Å². The van der Waals surface area contributed by atoms with Crippen LogP contribution >= 0.6 is 0 Å². The lowest BCUT2D eigenvalue weighted by Gasteiger charge is -2.19. The Hall–Kier alpha value is -2.73. The lowest BCUT2D eigenvalue weighted by Crippen LogP contribution is -2.25. The first-order valence-corrected chi connectivity index (χ1v) is 9.60. The number of alkyl halides is 3. The first-order chi connectivity index (χ1) is 14.7. The molecule has 0 saturated carbocycles. The van der Waals surface area contributed by atoms with Crippen LogP contribution in [0.2, 0.25) is 0 Å². The summed E-state index contributed by atoms with van der Waals surface area (Å²) in [5.41, 5.74) is 1.12. The third-order valence-electron chi connectivity index (χ3n) is 5.04. The number of likely N-dealkylation sites (tertiary alicyclic amines) is 1. The summed E-state index contributed by atoms with van der Waals surface area (Å²) in [4.78, 5) is 19.9. The molecule has 2 aliphatic heterocycles. The molecule has 0 aromatic carbocycles. The van der Waals surface area contributed by atoms with Gasteiger partial charge in [-0.25, -0.2) is 9.78 Å². The quantitative estimate of drug-likeness (QED) is 0.742. The fraction of sp³-hybridized carbons (Fsp3) is 0.579. The second-order valence-corrected chi connectivity index (χ2v) is 7.40. The van der Waals surface area contributed by atoms with E-state index in [4.69, 9.17) is 23.9 Å². The van der Waals surface area contributed by atoms with E-state index in [9.17, 15) is 13.2 Å². The first-order valence-electron chi connectivity index (χ1n) is 9.60. The van der Waals surface area contributed by atoms with Crippen LogP contribution in [0.5, 0.6) is 5.88 Å². The minimum Gasteiger partial charge on any atom is -0.481 e. The summed E-state index contributed by atoms with van der Waals surface area (Å²) in [5, 5.41) is 11.0. The molecule has 1 N–H and O–H groups in total. The summed E-state index contributed by atoms with van der Waals surface area (Å²) in [7, 11) is 1.66. The van der Waals surface area contributed by atoms with E-state index in [1.54, 1.807) is 13.3 Å². The van der Waals surface area contributed by atoms with Crippen LogP contribution in [-0.4, -0.2) is 69.7 Å². The van der Waals surface area contributed by atoms with Crippen LogP contribution in [-0.2, 0) is 22.5 Å². The second kappa shape index (κ2) is 9.60. The van der Waals surface area contributed by atoms with Gasteiger partial charge in [0.25, 0.3) is 0 Å². The number of aryl methyl sites for hydroxylation is 1. The highest BCUT2D eigenvalue weighted by Gasteiger charge is 2.42. The summed E-state index contributed by atoms with van der Waals surface area (Å²) in [6, 6.07) is 4.02. The lowest BCUT2D eigenvalue weighted by atomic mass is 10.0. The van der Waals surface area contributed by atoms with Gasteiger partial charge in [0.05, 0.1) is 25.7 Å². The number of fused-ring (bicyclic) bond motifs is 1. The fourth-order valence-electron chi connectivity index (χ4n) is 3.80. The number of hydrogen-bond acceptors (Lipinski definition) is 8. The molecule has 4 rings (SSSR count). The monoisotopic (exact) mass is 444 g/mol. The van der Waals surface area contributed by atoms with Gasteiger partial charge in [0.15, 0.2) is 5.82 Å². The molecule has 4 heterocycles. The van der Waals surface area contributed by atoms with Crippen LogP contribution < -0.4 is 4.74 Å². The van der Waals surface area contributed by atoms with Crippen molar-refractivity contribution in [2.24, 2.45) is 5.92 Å². The number of carboxylic acids is 1. The molecule has 2 aromatic rings. The highest BCUT2D eigenvalue weighted by atomic mass is 19.4. The SMILES string of the molecule is COc1ncccc1CN1C[C@@H]2C[C@H](Cc3nc(C)no3)O[C@@H]2C1.O=C(O)C(F)(F)F. The van der Waals surface area contributed by atoms with Crippen molar-refractivity contribution in [3.05, 3.63) is 35.6 Å². The molecule has 0 radical (unpaired) electrons. The average molecular weight is 444 g/mol. The van der Waals surface area contributed by atoms with Gasteiger partial charge in [-0.1, -0.05) is 11.2 Å². The molecular weight excluding hydrogens is 421 g/mol. The number of aliphatic carboxylic acids is 1. The van der Waals surface area contributed by atoms with Gasteiger partial charge in [0, 0.05) is 37.3 Å². The lowest BCUT2D eigenvalue weighted by molar-refractivity contribution is -0.192. The van der Waals surface area contributed by atoms with Gasteiger partial charge in [-0.05, 0) is 19.4 Å². The third-order valence-corrected chi connectivity index (χ3v) is 5.04. The highest BCUT2D eigenvalue weighted by Crippen LogP contribution is 2.35. The third kappa shape index (κ3) is 6.14. The molecule has 2 aromatic heterocycles. The normalized spacial score (nSPS) is 23.2. The molecule has 2 fully saturated rings. The zero-order valence-corrected chi connectivity index (χ0v) is 17.0. The number of halogens is 3. The Bertz CT molecular complexity index is 877. The Labute approximate surface area is 176 Å². The Balaban J connectivity index is 0.000000339. The molecule has 170 valence electrons. The van der Waals surface area contributed by atoms with Gasteiger partial charge in [-0.2, -0.15) is 18.2 Å². The zero-order valence-electron chi connectivity index (χ0n) is 17.0. The predicted octanol–water partition coefficient (Wildman–Crippen LogP) is 2.25. The number of rotatable bonds is 5. The van der Waals surface area contributed by atoms with E-state index in [-0.39, 0.29) is 6.10 Å². The van der Waals surface area contributed by atoms with Crippen LogP contribution in [0.4, 0.5) is 13.2 Å². The number of aromatic nitrogens is 3. The molecule has 0 amide bonds. The highest BCUT2D eigenvalue weighted by molar-refractivity contribution is 5.73. The average Bonchev–Trinajstić information content (AvgIpc) is 3.37. The maximum atomic E-state index is 10.6. The Morgan fingerprint density at radius 1 is 1.39 bits per heavy atom. The molecule has 0 aliphatic carbocycles. The minimum atomic E-state index is -5.08. The zero-order chi connectivity index (χ0) is 22.6. The fourth-order valence-corrected chi connectivity index (χ4v) is 3.80. The molecule has 0 unspecified atom stereocenters. The number of nitrogens with zero attached hydrogens (tertiary/aromatic N) is 4. The molecule has 0 spiro atoms. The van der Waals surface area contributed by atoms with Crippen molar-refractivity contribution in [2.45, 2.75) is 44.7 Å².